The first kappa shape index (κ1) is 19.1. The third kappa shape index (κ3) is 3.43. The van der Waals surface area contributed by atoms with E-state index in [1.807, 2.05) is 19.2 Å². The molecule has 28 heavy (non-hydrogen) atoms. The molecule has 1 atom stereocenters. The molecule has 4 rings (SSSR count). The SMILES string of the molecule is CCC1(c2cc(-c3sc(CC(=O)N4CCC[C@H]4C(N)=O)nc3C)ccn2)CC1. The third-order valence-electron chi connectivity index (χ3n) is 6.14. The topological polar surface area (TPSA) is 89.2 Å². The Morgan fingerprint density at radius 2 is 2.18 bits per heavy atom. The fourth-order valence-electron chi connectivity index (χ4n) is 4.19. The fourth-order valence-corrected chi connectivity index (χ4v) is 5.24. The zero-order valence-corrected chi connectivity index (χ0v) is 17.2. The number of carbonyl (C=O) groups excluding carboxylic acids is 2. The number of amides is 2. The van der Waals surface area contributed by atoms with Crippen LogP contribution in [0.4, 0.5) is 0 Å². The van der Waals surface area contributed by atoms with Crippen molar-refractivity contribution >= 4 is 23.2 Å². The van der Waals surface area contributed by atoms with Crippen molar-refractivity contribution < 1.29 is 9.59 Å². The standard InChI is InChI=1S/C21H26N4O2S/c1-3-21(7-8-21)16-11-14(6-9-23-16)19-13(2)24-17(28-19)12-18(26)25-10-4-5-15(25)20(22)27/h6,9,11,15H,3-5,7-8,10,12H2,1-2H3,(H2,22,27)/t15-/m0/s1. The molecule has 1 saturated heterocycles. The normalized spacial score (nSPS) is 20.4. The molecule has 6 nitrogen and oxygen atoms in total. The molecule has 0 spiro atoms. The molecule has 148 valence electrons. The number of primary amides is 1. The van der Waals surface area contributed by atoms with Gasteiger partial charge in [0, 0.05) is 23.9 Å². The minimum atomic E-state index is -0.473. The van der Waals surface area contributed by atoms with Gasteiger partial charge in [0.05, 0.1) is 17.0 Å². The van der Waals surface area contributed by atoms with Crippen LogP contribution in [-0.4, -0.2) is 39.3 Å². The molecule has 1 aliphatic heterocycles. The van der Waals surface area contributed by atoms with Crippen molar-refractivity contribution in [3.63, 3.8) is 0 Å². The van der Waals surface area contributed by atoms with Gasteiger partial charge in [0.25, 0.3) is 0 Å². The van der Waals surface area contributed by atoms with Crippen molar-refractivity contribution in [1.82, 2.24) is 14.9 Å². The molecule has 1 aliphatic carbocycles. The number of likely N-dealkylation sites (tertiary alicyclic amines) is 1. The molecule has 3 heterocycles. The number of nitrogens with zero attached hydrogens (tertiary/aromatic N) is 3. The largest absolute Gasteiger partial charge is 0.368 e. The van der Waals surface area contributed by atoms with Crippen molar-refractivity contribution in [2.45, 2.75) is 63.8 Å². The van der Waals surface area contributed by atoms with Crippen molar-refractivity contribution in [1.29, 1.82) is 0 Å². The average Bonchev–Trinajstić information content (AvgIpc) is 3.16. The Bertz CT molecular complexity index is 919. The molecule has 2 amide bonds. The molecule has 7 heteroatoms. The first-order chi connectivity index (χ1) is 13.4. The number of aromatic nitrogens is 2. The van der Waals surface area contributed by atoms with E-state index in [2.05, 4.69) is 23.0 Å². The molecule has 0 radical (unpaired) electrons. The summed E-state index contributed by atoms with van der Waals surface area (Å²) in [5.41, 5.74) is 8.91. The molecule has 2 N–H and O–H groups in total. The van der Waals surface area contributed by atoms with Crippen LogP contribution in [-0.2, 0) is 21.4 Å². The van der Waals surface area contributed by atoms with Crippen LogP contribution in [0.1, 0.15) is 55.4 Å². The van der Waals surface area contributed by atoms with Crippen LogP contribution in [0.15, 0.2) is 18.3 Å². The number of rotatable bonds is 6. The minimum absolute atomic E-state index is 0.0695. The van der Waals surface area contributed by atoms with Crippen LogP contribution in [0.3, 0.4) is 0 Å². The molecule has 2 aromatic rings. The molecule has 0 unspecified atom stereocenters. The van der Waals surface area contributed by atoms with Gasteiger partial charge in [-0.1, -0.05) is 6.92 Å². The summed E-state index contributed by atoms with van der Waals surface area (Å²) in [7, 11) is 0. The van der Waals surface area contributed by atoms with E-state index in [9.17, 15) is 9.59 Å². The van der Waals surface area contributed by atoms with Crippen LogP contribution >= 0.6 is 11.3 Å². The zero-order valence-electron chi connectivity index (χ0n) is 16.4. The fraction of sp³-hybridized carbons (Fsp3) is 0.524. The second-order valence-electron chi connectivity index (χ2n) is 7.91. The first-order valence-electron chi connectivity index (χ1n) is 9.95. The quantitative estimate of drug-likeness (QED) is 0.810. The van der Waals surface area contributed by atoms with Crippen molar-refractivity contribution in [3.8, 4) is 10.4 Å². The Morgan fingerprint density at radius 3 is 2.86 bits per heavy atom. The maximum Gasteiger partial charge on any atom is 0.240 e. The maximum atomic E-state index is 12.7. The summed E-state index contributed by atoms with van der Waals surface area (Å²) in [4.78, 5) is 36.2. The average molecular weight is 399 g/mol. The highest BCUT2D eigenvalue weighted by Gasteiger charge is 2.43. The lowest BCUT2D eigenvalue weighted by Crippen LogP contribution is -2.44. The lowest BCUT2D eigenvalue weighted by Gasteiger charge is -2.21. The third-order valence-corrected chi connectivity index (χ3v) is 7.35. The second-order valence-corrected chi connectivity index (χ2v) is 8.99. The number of hydrogen-bond donors (Lipinski definition) is 1. The molecule has 0 bridgehead atoms. The van der Waals surface area contributed by atoms with E-state index in [0.717, 1.165) is 34.0 Å². The van der Waals surface area contributed by atoms with Crippen LogP contribution in [0, 0.1) is 6.92 Å². The summed E-state index contributed by atoms with van der Waals surface area (Å²) < 4.78 is 0. The van der Waals surface area contributed by atoms with Crippen molar-refractivity contribution in [3.05, 3.63) is 34.7 Å². The molecule has 2 aromatic heterocycles. The minimum Gasteiger partial charge on any atom is -0.368 e. The molecular formula is C21H26N4O2S. The number of thiazole rings is 1. The number of nitrogens with two attached hydrogens (primary N) is 1. The Hall–Kier alpha value is -2.28. The van der Waals surface area contributed by atoms with E-state index in [4.69, 9.17) is 5.73 Å². The van der Waals surface area contributed by atoms with Gasteiger partial charge in [0.15, 0.2) is 0 Å². The van der Waals surface area contributed by atoms with E-state index in [0.29, 0.717) is 13.0 Å². The van der Waals surface area contributed by atoms with Gasteiger partial charge in [-0.2, -0.15) is 0 Å². The van der Waals surface area contributed by atoms with Gasteiger partial charge >= 0.3 is 0 Å². The predicted octanol–water partition coefficient (Wildman–Crippen LogP) is 2.97. The molecule has 0 aromatic carbocycles. The van der Waals surface area contributed by atoms with Gasteiger partial charge in [0.2, 0.25) is 11.8 Å². The van der Waals surface area contributed by atoms with Crippen molar-refractivity contribution in [2.24, 2.45) is 5.73 Å². The van der Waals surface area contributed by atoms with Gasteiger partial charge in [0.1, 0.15) is 11.0 Å². The molecule has 2 aliphatic rings. The summed E-state index contributed by atoms with van der Waals surface area (Å²) >= 11 is 1.55. The van der Waals surface area contributed by atoms with Gasteiger partial charge in [-0.15, -0.1) is 11.3 Å². The van der Waals surface area contributed by atoms with Crippen LogP contribution in [0.25, 0.3) is 10.4 Å². The molecule has 2 fully saturated rings. The summed E-state index contributed by atoms with van der Waals surface area (Å²) in [6, 6.07) is 3.73. The van der Waals surface area contributed by atoms with E-state index >= 15 is 0 Å². The van der Waals surface area contributed by atoms with Crippen LogP contribution in [0.2, 0.25) is 0 Å². The Morgan fingerprint density at radius 1 is 1.39 bits per heavy atom. The highest BCUT2D eigenvalue weighted by Crippen LogP contribution is 2.50. The summed E-state index contributed by atoms with van der Waals surface area (Å²) in [6.07, 6.45) is 7.10. The highest BCUT2D eigenvalue weighted by atomic mass is 32.1. The van der Waals surface area contributed by atoms with Crippen LogP contribution in [0.5, 0.6) is 0 Å². The highest BCUT2D eigenvalue weighted by molar-refractivity contribution is 7.15. The van der Waals surface area contributed by atoms with E-state index in [1.54, 1.807) is 16.2 Å². The number of carbonyl (C=O) groups is 2. The van der Waals surface area contributed by atoms with E-state index in [1.165, 1.54) is 18.5 Å². The first-order valence-corrected chi connectivity index (χ1v) is 10.8. The summed E-state index contributed by atoms with van der Waals surface area (Å²) in [5, 5.41) is 0.780. The van der Waals surface area contributed by atoms with Gasteiger partial charge < -0.3 is 10.6 Å². The molecule has 1 saturated carbocycles. The van der Waals surface area contributed by atoms with Gasteiger partial charge in [-0.3, -0.25) is 14.6 Å². The van der Waals surface area contributed by atoms with Gasteiger partial charge in [-0.05, 0) is 56.7 Å². The number of pyridine rings is 1. The van der Waals surface area contributed by atoms with Gasteiger partial charge in [-0.25, -0.2) is 4.98 Å². The number of hydrogen-bond acceptors (Lipinski definition) is 5. The molecular weight excluding hydrogens is 372 g/mol. The van der Waals surface area contributed by atoms with E-state index < -0.39 is 11.9 Å². The zero-order chi connectivity index (χ0) is 19.9. The number of aryl methyl sites for hydroxylation is 1. The second kappa shape index (κ2) is 7.28. The van der Waals surface area contributed by atoms with E-state index in [-0.39, 0.29) is 17.7 Å². The van der Waals surface area contributed by atoms with Crippen LogP contribution < -0.4 is 5.73 Å². The predicted molar refractivity (Wildman–Crippen MR) is 109 cm³/mol. The lowest BCUT2D eigenvalue weighted by atomic mass is 9.97. The summed E-state index contributed by atoms with van der Waals surface area (Å²) in [5.74, 6) is -0.490. The Balaban J connectivity index is 1.54. The van der Waals surface area contributed by atoms with Crippen molar-refractivity contribution in [2.75, 3.05) is 6.54 Å². The lowest BCUT2D eigenvalue weighted by molar-refractivity contribution is -0.136. The smallest absolute Gasteiger partial charge is 0.240 e. The Kier molecular flexibility index (Phi) is 4.95. The summed E-state index contributed by atoms with van der Waals surface area (Å²) in [6.45, 7) is 4.80. The monoisotopic (exact) mass is 398 g/mol. The maximum absolute atomic E-state index is 12.7. The Labute approximate surface area is 169 Å².